The number of hydrogen-bond acceptors (Lipinski definition) is 3. The first-order valence-electron chi connectivity index (χ1n) is 7.69. The van der Waals surface area contributed by atoms with Gasteiger partial charge in [-0.3, -0.25) is 9.67 Å². The van der Waals surface area contributed by atoms with Crippen LogP contribution < -0.4 is 5.32 Å². The van der Waals surface area contributed by atoms with Crippen LogP contribution in [0.3, 0.4) is 0 Å². The van der Waals surface area contributed by atoms with E-state index in [4.69, 9.17) is 4.99 Å². The summed E-state index contributed by atoms with van der Waals surface area (Å²) in [4.78, 5) is 4.72. The van der Waals surface area contributed by atoms with Crippen LogP contribution in [0.25, 0.3) is 0 Å². The molecule has 0 aromatic carbocycles. The van der Waals surface area contributed by atoms with E-state index >= 15 is 0 Å². The zero-order valence-electron chi connectivity index (χ0n) is 12.2. The SMILES string of the molecule is CC1CCC2(CC1)CSC(=NCCCn1cccn1)N2. The molecule has 1 saturated heterocycles. The number of hydrogen-bond donors (Lipinski definition) is 1. The summed E-state index contributed by atoms with van der Waals surface area (Å²) in [6.45, 7) is 4.22. The van der Waals surface area contributed by atoms with Crippen molar-refractivity contribution in [3.8, 4) is 0 Å². The summed E-state index contributed by atoms with van der Waals surface area (Å²) < 4.78 is 1.97. The topological polar surface area (TPSA) is 42.2 Å². The quantitative estimate of drug-likeness (QED) is 0.868. The fourth-order valence-electron chi connectivity index (χ4n) is 3.02. The van der Waals surface area contributed by atoms with Crippen molar-refractivity contribution >= 4 is 16.9 Å². The van der Waals surface area contributed by atoms with E-state index in [1.165, 1.54) is 36.6 Å². The van der Waals surface area contributed by atoms with E-state index in [9.17, 15) is 0 Å². The molecule has 2 heterocycles. The van der Waals surface area contributed by atoms with Gasteiger partial charge in [0.1, 0.15) is 0 Å². The van der Waals surface area contributed by atoms with Crippen LogP contribution in [0.15, 0.2) is 23.5 Å². The van der Waals surface area contributed by atoms with Crippen LogP contribution in [0.2, 0.25) is 0 Å². The van der Waals surface area contributed by atoms with Crippen LogP contribution in [-0.2, 0) is 6.54 Å². The molecule has 1 spiro atoms. The highest BCUT2D eigenvalue weighted by Crippen LogP contribution is 2.38. The normalized spacial score (nSPS) is 31.9. The number of thioether (sulfide) groups is 1. The molecule has 3 rings (SSSR count). The summed E-state index contributed by atoms with van der Waals surface area (Å²) in [6.07, 6.45) is 10.2. The molecule has 0 amide bonds. The number of nitrogens with zero attached hydrogens (tertiary/aromatic N) is 3. The van der Waals surface area contributed by atoms with Gasteiger partial charge in [-0.2, -0.15) is 5.10 Å². The minimum atomic E-state index is 0.359. The lowest BCUT2D eigenvalue weighted by Crippen LogP contribution is -2.46. The third-order valence-electron chi connectivity index (χ3n) is 4.45. The maximum Gasteiger partial charge on any atom is 0.157 e. The average Bonchev–Trinajstić information content (AvgIpc) is 3.09. The molecule has 0 atom stereocenters. The van der Waals surface area contributed by atoms with Gasteiger partial charge in [-0.15, -0.1) is 0 Å². The van der Waals surface area contributed by atoms with Gasteiger partial charge in [0.2, 0.25) is 0 Å². The monoisotopic (exact) mass is 292 g/mol. The first-order valence-corrected chi connectivity index (χ1v) is 8.67. The molecule has 1 aliphatic heterocycles. The van der Waals surface area contributed by atoms with Crippen LogP contribution >= 0.6 is 11.8 Å². The van der Waals surface area contributed by atoms with E-state index in [1.54, 1.807) is 0 Å². The lowest BCUT2D eigenvalue weighted by molar-refractivity contribution is 0.251. The van der Waals surface area contributed by atoms with Gasteiger partial charge in [0.05, 0.1) is 0 Å². The Morgan fingerprint density at radius 2 is 2.35 bits per heavy atom. The molecule has 1 N–H and O–H groups in total. The van der Waals surface area contributed by atoms with Gasteiger partial charge in [-0.05, 0) is 44.1 Å². The maximum absolute atomic E-state index is 4.72. The van der Waals surface area contributed by atoms with Crippen molar-refractivity contribution in [1.82, 2.24) is 15.1 Å². The van der Waals surface area contributed by atoms with Gasteiger partial charge in [0.25, 0.3) is 0 Å². The molecule has 2 fully saturated rings. The van der Waals surface area contributed by atoms with Crippen molar-refractivity contribution in [3.05, 3.63) is 18.5 Å². The molecule has 1 aliphatic carbocycles. The van der Waals surface area contributed by atoms with Gasteiger partial charge in [0, 0.05) is 36.8 Å². The van der Waals surface area contributed by atoms with Gasteiger partial charge in [-0.25, -0.2) is 0 Å². The van der Waals surface area contributed by atoms with Crippen LogP contribution in [-0.4, -0.2) is 32.8 Å². The summed E-state index contributed by atoms with van der Waals surface area (Å²) in [7, 11) is 0. The molecule has 0 radical (unpaired) electrons. The molecule has 1 aromatic heterocycles. The van der Waals surface area contributed by atoms with E-state index in [1.807, 2.05) is 34.9 Å². The number of aryl methyl sites for hydroxylation is 1. The fourth-order valence-corrected chi connectivity index (χ4v) is 4.27. The van der Waals surface area contributed by atoms with E-state index in [2.05, 4.69) is 17.3 Å². The molecule has 2 aliphatic rings. The van der Waals surface area contributed by atoms with Gasteiger partial charge in [0.15, 0.2) is 5.17 Å². The first-order chi connectivity index (χ1) is 9.76. The highest BCUT2D eigenvalue weighted by molar-refractivity contribution is 8.14. The summed E-state index contributed by atoms with van der Waals surface area (Å²) in [6, 6.07) is 1.97. The Labute approximate surface area is 125 Å². The zero-order chi connectivity index (χ0) is 13.8. The first kappa shape index (κ1) is 14.0. The molecule has 4 nitrogen and oxygen atoms in total. The summed E-state index contributed by atoms with van der Waals surface area (Å²) in [5, 5.41) is 9.09. The predicted molar refractivity (Wildman–Crippen MR) is 85.1 cm³/mol. The van der Waals surface area contributed by atoms with Crippen molar-refractivity contribution < 1.29 is 0 Å². The summed E-state index contributed by atoms with van der Waals surface area (Å²) in [5.41, 5.74) is 0.359. The number of aliphatic imine (C=N–C) groups is 1. The molecular weight excluding hydrogens is 268 g/mol. The fraction of sp³-hybridized carbons (Fsp3) is 0.733. The van der Waals surface area contributed by atoms with E-state index in [-0.39, 0.29) is 0 Å². The number of rotatable bonds is 4. The number of aromatic nitrogens is 2. The average molecular weight is 292 g/mol. The molecule has 0 bridgehead atoms. The highest BCUT2D eigenvalue weighted by Gasteiger charge is 2.39. The lowest BCUT2D eigenvalue weighted by atomic mass is 9.78. The van der Waals surface area contributed by atoms with Crippen molar-refractivity contribution in [2.45, 2.75) is 51.1 Å². The molecule has 0 unspecified atom stereocenters. The molecule has 5 heteroatoms. The second kappa shape index (κ2) is 6.20. The van der Waals surface area contributed by atoms with Crippen molar-refractivity contribution in [3.63, 3.8) is 0 Å². The summed E-state index contributed by atoms with van der Waals surface area (Å²) >= 11 is 1.91. The maximum atomic E-state index is 4.72. The zero-order valence-corrected chi connectivity index (χ0v) is 13.0. The van der Waals surface area contributed by atoms with Gasteiger partial charge >= 0.3 is 0 Å². The van der Waals surface area contributed by atoms with E-state index in [0.29, 0.717) is 5.54 Å². The number of nitrogens with one attached hydrogen (secondary N) is 1. The van der Waals surface area contributed by atoms with Crippen LogP contribution in [0.5, 0.6) is 0 Å². The molecular formula is C15H24N4S. The molecule has 1 saturated carbocycles. The van der Waals surface area contributed by atoms with Crippen molar-refractivity contribution in [2.24, 2.45) is 10.9 Å². The third-order valence-corrected chi connectivity index (χ3v) is 5.65. The Kier molecular flexibility index (Phi) is 4.34. The molecule has 20 heavy (non-hydrogen) atoms. The second-order valence-corrected chi connectivity index (χ2v) is 7.15. The highest BCUT2D eigenvalue weighted by atomic mass is 32.2. The Balaban J connectivity index is 1.43. The van der Waals surface area contributed by atoms with Crippen LogP contribution in [0.4, 0.5) is 0 Å². The van der Waals surface area contributed by atoms with E-state index < -0.39 is 0 Å². The second-order valence-electron chi connectivity index (χ2n) is 6.19. The molecule has 1 aromatic rings. The smallest absolute Gasteiger partial charge is 0.157 e. The Morgan fingerprint density at radius 1 is 1.50 bits per heavy atom. The number of amidine groups is 1. The summed E-state index contributed by atoms with van der Waals surface area (Å²) in [5.74, 6) is 2.11. The third kappa shape index (κ3) is 3.37. The Bertz CT molecular complexity index is 446. The van der Waals surface area contributed by atoms with Crippen molar-refractivity contribution in [1.29, 1.82) is 0 Å². The predicted octanol–water partition coefficient (Wildman–Crippen LogP) is 2.91. The van der Waals surface area contributed by atoms with Crippen LogP contribution in [0.1, 0.15) is 39.0 Å². The van der Waals surface area contributed by atoms with Gasteiger partial charge in [-0.1, -0.05) is 18.7 Å². The standard InChI is InChI=1S/C15H24N4S/c1-13-4-6-15(7-5-13)12-20-14(18-15)16-8-2-10-19-11-3-9-17-19/h3,9,11,13H,2,4-8,10,12H2,1H3,(H,16,18). The minimum absolute atomic E-state index is 0.359. The lowest BCUT2D eigenvalue weighted by Gasteiger charge is -2.35. The van der Waals surface area contributed by atoms with Crippen molar-refractivity contribution in [2.75, 3.05) is 12.3 Å². The Morgan fingerprint density at radius 3 is 3.10 bits per heavy atom. The van der Waals surface area contributed by atoms with E-state index in [0.717, 1.165) is 25.4 Å². The van der Waals surface area contributed by atoms with Crippen LogP contribution in [0, 0.1) is 5.92 Å². The largest absolute Gasteiger partial charge is 0.359 e. The molecule has 110 valence electrons. The minimum Gasteiger partial charge on any atom is -0.359 e. The Hall–Kier alpha value is -0.970. The van der Waals surface area contributed by atoms with Gasteiger partial charge < -0.3 is 5.32 Å².